The summed E-state index contributed by atoms with van der Waals surface area (Å²) in [4.78, 5) is 12.2. The van der Waals surface area contributed by atoms with Crippen molar-refractivity contribution in [2.24, 2.45) is 0 Å². The number of benzene rings is 2. The van der Waals surface area contributed by atoms with E-state index in [1.54, 1.807) is 18.2 Å². The highest BCUT2D eigenvalue weighted by Gasteiger charge is 2.19. The highest BCUT2D eigenvalue weighted by molar-refractivity contribution is 6.35. The van der Waals surface area contributed by atoms with Gasteiger partial charge >= 0.3 is 0 Å². The molecule has 3 aromatic rings. The van der Waals surface area contributed by atoms with E-state index in [1.807, 2.05) is 6.92 Å². The van der Waals surface area contributed by atoms with E-state index < -0.39 is 11.7 Å². The van der Waals surface area contributed by atoms with Crippen LogP contribution in [-0.4, -0.2) is 22.6 Å². The molecule has 0 atom stereocenters. The molecule has 1 heterocycles. The van der Waals surface area contributed by atoms with Crippen LogP contribution >= 0.6 is 23.2 Å². The second-order valence-electron chi connectivity index (χ2n) is 5.69. The van der Waals surface area contributed by atoms with Crippen LogP contribution in [0.25, 0.3) is 22.0 Å². The minimum Gasteiger partial charge on any atom is -0.396 e. The summed E-state index contributed by atoms with van der Waals surface area (Å²) in [5.74, 6) is -0.942. The first-order valence-corrected chi connectivity index (χ1v) is 8.67. The topological polar surface area (TPSA) is 80.9 Å². The Hall–Kier alpha value is -2.44. The van der Waals surface area contributed by atoms with Crippen LogP contribution in [0.4, 0.5) is 10.1 Å². The van der Waals surface area contributed by atoms with Crippen LogP contribution in [0.3, 0.4) is 0 Å². The number of nitrogens with one attached hydrogen (secondary N) is 1. The van der Waals surface area contributed by atoms with E-state index in [0.717, 1.165) is 6.42 Å². The van der Waals surface area contributed by atoms with Gasteiger partial charge in [0.15, 0.2) is 5.69 Å². The monoisotopic (exact) mass is 392 g/mol. The molecule has 5 nitrogen and oxygen atoms in total. The largest absolute Gasteiger partial charge is 0.396 e. The van der Waals surface area contributed by atoms with Gasteiger partial charge < -0.3 is 11.1 Å². The number of carbonyl (C=O) groups excluding carboxylic acids is 1. The van der Waals surface area contributed by atoms with Gasteiger partial charge in [-0.25, -0.2) is 4.39 Å². The molecule has 0 bridgehead atoms. The highest BCUT2D eigenvalue weighted by atomic mass is 35.5. The quantitative estimate of drug-likeness (QED) is 0.686. The van der Waals surface area contributed by atoms with Gasteiger partial charge in [0.05, 0.1) is 5.69 Å². The molecule has 0 unspecified atom stereocenters. The summed E-state index contributed by atoms with van der Waals surface area (Å²) in [5, 5.41) is 11.8. The van der Waals surface area contributed by atoms with E-state index in [4.69, 9.17) is 28.9 Å². The molecule has 1 aromatic heterocycles. The number of nitrogen functional groups attached to an aromatic ring is 1. The number of halogens is 3. The van der Waals surface area contributed by atoms with Gasteiger partial charge in [0.1, 0.15) is 11.3 Å². The number of anilines is 1. The van der Waals surface area contributed by atoms with Crippen molar-refractivity contribution < 1.29 is 9.18 Å². The molecule has 0 aliphatic rings. The number of hydrogen-bond acceptors (Lipinski definition) is 4. The lowest BCUT2D eigenvalue weighted by molar-refractivity contribution is 0.0949. The maximum absolute atomic E-state index is 14.6. The third kappa shape index (κ3) is 3.43. The first kappa shape index (κ1) is 18.4. The first-order chi connectivity index (χ1) is 12.4. The van der Waals surface area contributed by atoms with Gasteiger partial charge in [-0.1, -0.05) is 30.1 Å². The first-order valence-electron chi connectivity index (χ1n) is 7.91. The van der Waals surface area contributed by atoms with Crippen molar-refractivity contribution in [2.75, 3.05) is 12.3 Å². The molecule has 2 aromatic carbocycles. The van der Waals surface area contributed by atoms with E-state index in [9.17, 15) is 9.18 Å². The zero-order valence-electron chi connectivity index (χ0n) is 13.8. The molecule has 134 valence electrons. The van der Waals surface area contributed by atoms with E-state index >= 15 is 0 Å². The number of nitrogens with zero attached hydrogens (tertiary/aromatic N) is 2. The molecular formula is C18H15Cl2FN4O. The summed E-state index contributed by atoms with van der Waals surface area (Å²) in [6.07, 6.45) is 0.775. The molecular weight excluding hydrogens is 378 g/mol. The van der Waals surface area contributed by atoms with Crippen LogP contribution in [0.15, 0.2) is 30.3 Å². The summed E-state index contributed by atoms with van der Waals surface area (Å²) in [7, 11) is 0. The van der Waals surface area contributed by atoms with Crippen LogP contribution in [0, 0.1) is 5.82 Å². The molecule has 0 spiro atoms. The lowest BCUT2D eigenvalue weighted by Gasteiger charge is -2.12. The van der Waals surface area contributed by atoms with Crippen molar-refractivity contribution in [1.82, 2.24) is 15.5 Å². The van der Waals surface area contributed by atoms with Gasteiger partial charge in [0.25, 0.3) is 5.91 Å². The second-order valence-corrected chi connectivity index (χ2v) is 6.57. The minimum absolute atomic E-state index is 0.00707. The molecule has 1 amide bonds. The average molecular weight is 393 g/mol. The molecule has 3 rings (SSSR count). The van der Waals surface area contributed by atoms with Gasteiger partial charge in [0, 0.05) is 27.5 Å². The second kappa shape index (κ2) is 7.43. The predicted octanol–water partition coefficient (Wildman–Crippen LogP) is 4.46. The molecule has 0 aliphatic heterocycles. The molecule has 8 heteroatoms. The SMILES string of the molecule is CCCNC(=O)c1nnc2c(-c3cc(Cl)cc(Cl)c3)c(F)ccc2c1N. The molecule has 0 saturated carbocycles. The summed E-state index contributed by atoms with van der Waals surface area (Å²) in [6.45, 7) is 2.43. The summed E-state index contributed by atoms with van der Waals surface area (Å²) >= 11 is 12.1. The Labute approximate surface area is 159 Å². The van der Waals surface area contributed by atoms with Crippen molar-refractivity contribution in [3.05, 3.63) is 51.9 Å². The third-order valence-corrected chi connectivity index (χ3v) is 4.26. The van der Waals surface area contributed by atoms with Gasteiger partial charge in [-0.2, -0.15) is 0 Å². The van der Waals surface area contributed by atoms with Crippen molar-refractivity contribution in [2.45, 2.75) is 13.3 Å². The van der Waals surface area contributed by atoms with Crippen LogP contribution < -0.4 is 11.1 Å². The Morgan fingerprint density at radius 1 is 1.19 bits per heavy atom. The number of aromatic nitrogens is 2. The average Bonchev–Trinajstić information content (AvgIpc) is 2.58. The smallest absolute Gasteiger partial charge is 0.273 e. The normalized spacial score (nSPS) is 10.9. The van der Waals surface area contributed by atoms with E-state index in [2.05, 4.69) is 15.5 Å². The molecule has 0 saturated heterocycles. The maximum atomic E-state index is 14.6. The van der Waals surface area contributed by atoms with Gasteiger partial charge in [-0.3, -0.25) is 4.79 Å². The van der Waals surface area contributed by atoms with Crippen molar-refractivity contribution in [3.8, 4) is 11.1 Å². The lowest BCUT2D eigenvalue weighted by atomic mass is 10.0. The van der Waals surface area contributed by atoms with Crippen molar-refractivity contribution >= 4 is 45.7 Å². The Kier molecular flexibility index (Phi) is 5.25. The lowest BCUT2D eigenvalue weighted by Crippen LogP contribution is -2.26. The zero-order valence-corrected chi connectivity index (χ0v) is 15.3. The summed E-state index contributed by atoms with van der Waals surface area (Å²) in [5.41, 5.74) is 7.10. The fraction of sp³-hybridized carbons (Fsp3) is 0.167. The molecule has 3 N–H and O–H groups in total. The number of hydrogen-bond donors (Lipinski definition) is 2. The molecule has 0 radical (unpaired) electrons. The minimum atomic E-state index is -0.521. The van der Waals surface area contributed by atoms with E-state index in [1.165, 1.54) is 12.1 Å². The summed E-state index contributed by atoms with van der Waals surface area (Å²) in [6, 6.07) is 7.43. The van der Waals surface area contributed by atoms with Gasteiger partial charge in [-0.15, -0.1) is 10.2 Å². The Morgan fingerprint density at radius 3 is 2.54 bits per heavy atom. The highest BCUT2D eigenvalue weighted by Crippen LogP contribution is 2.35. The number of fused-ring (bicyclic) bond motifs is 1. The predicted molar refractivity (Wildman–Crippen MR) is 102 cm³/mol. The Morgan fingerprint density at radius 2 is 1.88 bits per heavy atom. The number of carbonyl (C=O) groups is 1. The molecule has 0 fully saturated rings. The fourth-order valence-electron chi connectivity index (χ4n) is 2.63. The fourth-order valence-corrected chi connectivity index (χ4v) is 3.16. The Bertz CT molecular complexity index is 990. The van der Waals surface area contributed by atoms with Crippen LogP contribution in [0.1, 0.15) is 23.8 Å². The number of amides is 1. The van der Waals surface area contributed by atoms with Crippen LogP contribution in [0.5, 0.6) is 0 Å². The van der Waals surface area contributed by atoms with Crippen molar-refractivity contribution in [1.29, 1.82) is 0 Å². The molecule has 26 heavy (non-hydrogen) atoms. The van der Waals surface area contributed by atoms with Gasteiger partial charge in [-0.05, 0) is 42.3 Å². The maximum Gasteiger partial charge on any atom is 0.273 e. The summed E-state index contributed by atoms with van der Waals surface area (Å²) < 4.78 is 14.6. The van der Waals surface area contributed by atoms with E-state index in [0.29, 0.717) is 27.5 Å². The number of rotatable bonds is 4. The zero-order chi connectivity index (χ0) is 18.8. The van der Waals surface area contributed by atoms with Gasteiger partial charge in [0.2, 0.25) is 0 Å². The van der Waals surface area contributed by atoms with E-state index in [-0.39, 0.29) is 22.5 Å². The Balaban J connectivity index is 2.21. The standard InChI is InChI=1S/C18H15Cl2FN4O/c1-2-5-23-18(26)17-15(22)12-3-4-13(21)14(16(12)24-25-17)9-6-10(19)8-11(20)7-9/h3-4,6-8H,2,5H2,1H3,(H2,22,24)(H,23,26). The number of nitrogens with two attached hydrogens (primary N) is 1. The molecule has 0 aliphatic carbocycles. The third-order valence-electron chi connectivity index (χ3n) is 3.82. The van der Waals surface area contributed by atoms with Crippen LogP contribution in [-0.2, 0) is 0 Å². The van der Waals surface area contributed by atoms with Crippen LogP contribution in [0.2, 0.25) is 10.0 Å². The van der Waals surface area contributed by atoms with Crippen molar-refractivity contribution in [3.63, 3.8) is 0 Å².